The first-order valence-corrected chi connectivity index (χ1v) is 13.6. The van der Waals surface area contributed by atoms with Gasteiger partial charge in [-0.3, -0.25) is 9.69 Å². The van der Waals surface area contributed by atoms with Gasteiger partial charge in [-0.05, 0) is 46.4 Å². The van der Waals surface area contributed by atoms with Crippen LogP contribution in [0.2, 0.25) is 0 Å². The molecule has 194 valence electrons. The first kappa shape index (κ1) is 26.7. The van der Waals surface area contributed by atoms with Crippen LogP contribution in [0.15, 0.2) is 72.8 Å². The van der Waals surface area contributed by atoms with Gasteiger partial charge in [-0.15, -0.1) is 11.6 Å². The second-order valence-corrected chi connectivity index (χ2v) is 9.82. The van der Waals surface area contributed by atoms with E-state index >= 15 is 0 Å². The Balaban J connectivity index is 1.48. The van der Waals surface area contributed by atoms with Crippen LogP contribution >= 0.6 is 11.6 Å². The third kappa shape index (κ3) is 6.34. The van der Waals surface area contributed by atoms with Crippen molar-refractivity contribution in [3.05, 3.63) is 89.5 Å². The fourth-order valence-corrected chi connectivity index (χ4v) is 5.19. The van der Waals surface area contributed by atoms with E-state index in [0.29, 0.717) is 18.7 Å². The van der Waals surface area contributed by atoms with Crippen molar-refractivity contribution in [1.29, 1.82) is 0 Å². The van der Waals surface area contributed by atoms with Crippen molar-refractivity contribution >= 4 is 29.3 Å². The molecule has 2 amide bonds. The van der Waals surface area contributed by atoms with Crippen molar-refractivity contribution in [2.45, 2.75) is 51.5 Å². The number of benzene rings is 3. The van der Waals surface area contributed by atoms with E-state index < -0.39 is 6.09 Å². The summed E-state index contributed by atoms with van der Waals surface area (Å²) < 4.78 is 5.81. The largest absolute Gasteiger partial charge is 0.448 e. The van der Waals surface area contributed by atoms with E-state index in [4.69, 9.17) is 16.3 Å². The van der Waals surface area contributed by atoms with Crippen molar-refractivity contribution in [2.75, 3.05) is 24.6 Å². The molecule has 0 aromatic heterocycles. The number of anilines is 1. The number of carbonyl (C=O) groups excluding carboxylic acids is 2. The van der Waals surface area contributed by atoms with Crippen LogP contribution in [0, 0.1) is 0 Å². The third-order valence-corrected chi connectivity index (χ3v) is 7.23. The number of hydrogen-bond acceptors (Lipinski definition) is 3. The minimum atomic E-state index is -0.475. The first-order chi connectivity index (χ1) is 18.0. The second kappa shape index (κ2) is 12.8. The number of para-hydroxylation sites is 1. The van der Waals surface area contributed by atoms with Crippen molar-refractivity contribution < 1.29 is 14.3 Å². The molecule has 1 unspecified atom stereocenters. The normalized spacial score (nSPS) is 13.5. The smallest absolute Gasteiger partial charge is 0.415 e. The lowest BCUT2D eigenvalue weighted by Crippen LogP contribution is -2.31. The zero-order valence-corrected chi connectivity index (χ0v) is 22.4. The zero-order valence-electron chi connectivity index (χ0n) is 21.7. The predicted molar refractivity (Wildman–Crippen MR) is 150 cm³/mol. The van der Waals surface area contributed by atoms with Gasteiger partial charge in [-0.25, -0.2) is 4.79 Å². The molecule has 0 spiro atoms. The monoisotopic (exact) mass is 518 g/mol. The fourth-order valence-electron chi connectivity index (χ4n) is 4.96. The summed E-state index contributed by atoms with van der Waals surface area (Å²) in [6.45, 7) is 2.93. The molecule has 1 aliphatic rings. The number of hydrogen-bond donors (Lipinski definition) is 0. The number of nitrogens with zero attached hydrogens (tertiary/aromatic N) is 2. The minimum Gasteiger partial charge on any atom is -0.448 e. The molecule has 4 rings (SSSR count). The third-order valence-electron chi connectivity index (χ3n) is 6.99. The Hall–Kier alpha value is -3.31. The Morgan fingerprint density at radius 1 is 0.892 bits per heavy atom. The van der Waals surface area contributed by atoms with Gasteiger partial charge < -0.3 is 9.64 Å². The molecule has 5 nitrogen and oxygen atoms in total. The van der Waals surface area contributed by atoms with Gasteiger partial charge in [0.25, 0.3) is 0 Å². The molecule has 0 saturated heterocycles. The van der Waals surface area contributed by atoms with Crippen LogP contribution in [0.4, 0.5) is 10.5 Å². The SMILES string of the molecule is CCCCCCC(=O)N(C)Cc1ccc2c(c1)C(COC(=O)N(CCl)c1ccccc1)c1ccccc1-2. The van der Waals surface area contributed by atoms with Crippen molar-refractivity contribution in [2.24, 2.45) is 0 Å². The quantitative estimate of drug-likeness (QED) is 0.149. The van der Waals surface area contributed by atoms with Crippen molar-refractivity contribution in [1.82, 2.24) is 4.90 Å². The fraction of sp³-hybridized carbons (Fsp3) is 0.355. The molecular formula is C31H35ClN2O3. The number of amides is 2. The van der Waals surface area contributed by atoms with Crippen LogP contribution in [0.3, 0.4) is 0 Å². The highest BCUT2D eigenvalue weighted by atomic mass is 35.5. The first-order valence-electron chi connectivity index (χ1n) is 13.0. The average Bonchev–Trinajstić information content (AvgIpc) is 3.23. The molecule has 3 aromatic carbocycles. The number of carbonyl (C=O) groups is 2. The molecule has 0 radical (unpaired) electrons. The topological polar surface area (TPSA) is 49.9 Å². The summed E-state index contributed by atoms with van der Waals surface area (Å²) in [5.74, 6) is 0.0885. The van der Waals surface area contributed by atoms with Gasteiger partial charge in [0.15, 0.2) is 0 Å². The number of halogens is 1. The molecule has 0 bridgehead atoms. The molecular weight excluding hydrogens is 484 g/mol. The number of ether oxygens (including phenoxy) is 1. The molecule has 0 aliphatic heterocycles. The van der Waals surface area contributed by atoms with E-state index in [2.05, 4.69) is 37.3 Å². The summed E-state index contributed by atoms with van der Waals surface area (Å²) >= 11 is 6.09. The Labute approximate surface area is 225 Å². The van der Waals surface area contributed by atoms with Gasteiger partial charge in [0.1, 0.15) is 12.6 Å². The second-order valence-electron chi connectivity index (χ2n) is 9.58. The van der Waals surface area contributed by atoms with E-state index in [1.165, 1.54) is 11.3 Å². The summed E-state index contributed by atoms with van der Waals surface area (Å²) in [4.78, 5) is 28.8. The lowest BCUT2D eigenvalue weighted by atomic mass is 9.96. The molecule has 0 heterocycles. The highest BCUT2D eigenvalue weighted by Gasteiger charge is 2.30. The number of unbranched alkanes of at least 4 members (excludes halogenated alkanes) is 3. The van der Waals surface area contributed by atoms with Crippen molar-refractivity contribution in [3.8, 4) is 11.1 Å². The standard InChI is InChI=1S/C31H35ClN2O3/c1-3-4-5-9-16-30(35)33(2)20-23-17-18-27-25-14-10-11-15-26(25)29(28(27)19-23)21-37-31(36)34(22-32)24-12-7-6-8-13-24/h6-8,10-15,17-19,29H,3-5,9,16,20-22H2,1-2H3. The molecule has 0 saturated carbocycles. The summed E-state index contributed by atoms with van der Waals surface area (Å²) in [6.07, 6.45) is 4.47. The van der Waals surface area contributed by atoms with Crippen molar-refractivity contribution in [3.63, 3.8) is 0 Å². The molecule has 6 heteroatoms. The van der Waals surface area contributed by atoms with E-state index in [1.54, 1.807) is 0 Å². The average molecular weight is 519 g/mol. The molecule has 1 atom stereocenters. The molecule has 37 heavy (non-hydrogen) atoms. The summed E-state index contributed by atoms with van der Waals surface area (Å²) in [5, 5.41) is 0. The van der Waals surface area contributed by atoms with Gasteiger partial charge in [-0.1, -0.05) is 86.8 Å². The molecule has 1 aliphatic carbocycles. The Morgan fingerprint density at radius 2 is 1.62 bits per heavy atom. The minimum absolute atomic E-state index is 0.00361. The van der Waals surface area contributed by atoms with Crippen LogP contribution in [0.1, 0.15) is 61.6 Å². The Kier molecular flexibility index (Phi) is 9.24. The zero-order chi connectivity index (χ0) is 26.2. The predicted octanol–water partition coefficient (Wildman–Crippen LogP) is 7.57. The maximum absolute atomic E-state index is 12.9. The maximum atomic E-state index is 12.9. The Morgan fingerprint density at radius 3 is 2.38 bits per heavy atom. The number of fused-ring (bicyclic) bond motifs is 3. The van der Waals surface area contributed by atoms with Crippen LogP contribution in [-0.2, 0) is 16.1 Å². The van der Waals surface area contributed by atoms with Crippen LogP contribution in [0.5, 0.6) is 0 Å². The van der Waals surface area contributed by atoms with Crippen LogP contribution in [-0.4, -0.2) is 36.6 Å². The lowest BCUT2D eigenvalue weighted by molar-refractivity contribution is -0.130. The highest BCUT2D eigenvalue weighted by Crippen LogP contribution is 2.45. The van der Waals surface area contributed by atoms with E-state index in [9.17, 15) is 9.59 Å². The van der Waals surface area contributed by atoms with E-state index in [1.807, 2.05) is 54.4 Å². The molecule has 3 aromatic rings. The van der Waals surface area contributed by atoms with Gasteiger partial charge in [-0.2, -0.15) is 0 Å². The van der Waals surface area contributed by atoms with Crippen LogP contribution < -0.4 is 4.90 Å². The summed E-state index contributed by atoms with van der Waals surface area (Å²) in [5.41, 5.74) is 6.32. The highest BCUT2D eigenvalue weighted by molar-refractivity contribution is 6.21. The lowest BCUT2D eigenvalue weighted by Gasteiger charge is -2.22. The number of rotatable bonds is 11. The summed E-state index contributed by atoms with van der Waals surface area (Å²) in [7, 11) is 1.87. The van der Waals surface area contributed by atoms with Gasteiger partial charge in [0, 0.05) is 31.6 Å². The van der Waals surface area contributed by atoms with E-state index in [0.717, 1.165) is 47.1 Å². The van der Waals surface area contributed by atoms with Gasteiger partial charge >= 0.3 is 6.09 Å². The molecule has 0 N–H and O–H groups in total. The molecule has 0 fully saturated rings. The van der Waals surface area contributed by atoms with Crippen LogP contribution in [0.25, 0.3) is 11.1 Å². The Bertz CT molecular complexity index is 1210. The van der Waals surface area contributed by atoms with Gasteiger partial charge in [0.05, 0.1) is 0 Å². The van der Waals surface area contributed by atoms with E-state index in [-0.39, 0.29) is 24.4 Å². The number of alkyl halides is 1. The maximum Gasteiger partial charge on any atom is 0.415 e. The van der Waals surface area contributed by atoms with Gasteiger partial charge in [0.2, 0.25) is 5.91 Å². The summed E-state index contributed by atoms with van der Waals surface area (Å²) in [6, 6.07) is 23.9.